The smallest absolute Gasteiger partial charge is 0.272 e. The minimum Gasteiger partial charge on any atom is -0.464 e. The van der Waals surface area contributed by atoms with Crippen LogP contribution in [0, 0.1) is 0 Å². The highest BCUT2D eigenvalue weighted by Gasteiger charge is 2.27. The van der Waals surface area contributed by atoms with Crippen LogP contribution in [0.15, 0.2) is 77.4 Å². The zero-order valence-corrected chi connectivity index (χ0v) is 18.1. The van der Waals surface area contributed by atoms with Crippen molar-refractivity contribution in [3.05, 3.63) is 101 Å². The Morgan fingerprint density at radius 1 is 1.06 bits per heavy atom. The van der Waals surface area contributed by atoms with E-state index in [9.17, 15) is 4.79 Å². The first-order valence-corrected chi connectivity index (χ1v) is 10.9. The van der Waals surface area contributed by atoms with Crippen LogP contribution < -0.4 is 5.32 Å². The van der Waals surface area contributed by atoms with E-state index in [1.165, 1.54) is 5.56 Å². The van der Waals surface area contributed by atoms with Crippen molar-refractivity contribution in [2.24, 2.45) is 7.05 Å². The van der Waals surface area contributed by atoms with Crippen LogP contribution in [0.2, 0.25) is 0 Å². The fourth-order valence-electron chi connectivity index (χ4n) is 4.35. The largest absolute Gasteiger partial charge is 0.464 e. The van der Waals surface area contributed by atoms with Crippen LogP contribution in [0.25, 0.3) is 11.3 Å². The van der Waals surface area contributed by atoms with Crippen molar-refractivity contribution in [2.45, 2.75) is 26.1 Å². The van der Waals surface area contributed by atoms with E-state index in [0.29, 0.717) is 18.8 Å². The standard InChI is InChI=1S/C26H26N4O2/c1-29-23-12-13-30(17-20-9-5-10-21(15-20)24-11-6-14-32-24)18-22(23)25(28-29)26(31)27-16-19-7-3-2-4-8-19/h2-11,14-15H,12-13,16-18H2,1H3,(H,27,31). The van der Waals surface area contributed by atoms with Gasteiger partial charge in [-0.1, -0.05) is 48.5 Å². The van der Waals surface area contributed by atoms with Gasteiger partial charge < -0.3 is 9.73 Å². The molecule has 0 saturated heterocycles. The van der Waals surface area contributed by atoms with Crippen molar-refractivity contribution in [2.75, 3.05) is 6.54 Å². The van der Waals surface area contributed by atoms with Gasteiger partial charge in [-0.25, -0.2) is 0 Å². The summed E-state index contributed by atoms with van der Waals surface area (Å²) in [7, 11) is 1.93. The Kier molecular flexibility index (Phi) is 5.60. The number of fused-ring (bicyclic) bond motifs is 1. The number of furan rings is 1. The molecule has 0 bridgehead atoms. The lowest BCUT2D eigenvalue weighted by Gasteiger charge is -2.27. The second-order valence-electron chi connectivity index (χ2n) is 8.20. The highest BCUT2D eigenvalue weighted by Crippen LogP contribution is 2.25. The molecule has 0 spiro atoms. The third kappa shape index (κ3) is 4.22. The molecule has 6 nitrogen and oxygen atoms in total. The van der Waals surface area contributed by atoms with E-state index in [2.05, 4.69) is 39.6 Å². The first-order chi connectivity index (χ1) is 15.7. The van der Waals surface area contributed by atoms with Crippen LogP contribution in [0.3, 0.4) is 0 Å². The van der Waals surface area contributed by atoms with Gasteiger partial charge in [0.25, 0.3) is 5.91 Å². The Labute approximate surface area is 187 Å². The number of aryl methyl sites for hydroxylation is 1. The zero-order valence-electron chi connectivity index (χ0n) is 18.1. The highest BCUT2D eigenvalue weighted by molar-refractivity contribution is 5.94. The number of carbonyl (C=O) groups is 1. The molecule has 0 saturated carbocycles. The summed E-state index contributed by atoms with van der Waals surface area (Å²) >= 11 is 0. The summed E-state index contributed by atoms with van der Waals surface area (Å²) in [5.74, 6) is 0.754. The average molecular weight is 427 g/mol. The summed E-state index contributed by atoms with van der Waals surface area (Å²) in [5.41, 5.74) is 6.09. The van der Waals surface area contributed by atoms with Gasteiger partial charge in [-0.05, 0) is 29.3 Å². The molecule has 1 aliphatic rings. The lowest BCUT2D eigenvalue weighted by atomic mass is 10.0. The molecule has 0 aliphatic carbocycles. The second kappa shape index (κ2) is 8.85. The lowest BCUT2D eigenvalue weighted by molar-refractivity contribution is 0.0943. The van der Waals surface area contributed by atoms with Gasteiger partial charge in [-0.2, -0.15) is 5.10 Å². The summed E-state index contributed by atoms with van der Waals surface area (Å²) in [6.45, 7) is 2.95. The summed E-state index contributed by atoms with van der Waals surface area (Å²) in [4.78, 5) is 15.3. The van der Waals surface area contributed by atoms with Gasteiger partial charge >= 0.3 is 0 Å². The molecule has 0 radical (unpaired) electrons. The van der Waals surface area contributed by atoms with Crippen molar-refractivity contribution in [1.29, 1.82) is 0 Å². The van der Waals surface area contributed by atoms with Gasteiger partial charge in [0.05, 0.1) is 6.26 Å². The number of aromatic nitrogens is 2. The third-order valence-electron chi connectivity index (χ3n) is 5.97. The number of hydrogen-bond donors (Lipinski definition) is 1. The maximum absolute atomic E-state index is 12.9. The van der Waals surface area contributed by atoms with Crippen molar-refractivity contribution in [3.63, 3.8) is 0 Å². The molecule has 1 aliphatic heterocycles. The van der Waals surface area contributed by atoms with E-state index in [0.717, 1.165) is 47.7 Å². The minimum atomic E-state index is -0.118. The van der Waals surface area contributed by atoms with Crippen LogP contribution in [-0.2, 0) is 33.1 Å². The molecule has 1 N–H and O–H groups in total. The predicted molar refractivity (Wildman–Crippen MR) is 123 cm³/mol. The molecule has 0 atom stereocenters. The molecule has 3 heterocycles. The van der Waals surface area contributed by atoms with Crippen molar-refractivity contribution in [3.8, 4) is 11.3 Å². The molecule has 0 fully saturated rings. The van der Waals surface area contributed by atoms with Gasteiger partial charge in [-0.15, -0.1) is 0 Å². The lowest BCUT2D eigenvalue weighted by Crippen LogP contribution is -2.32. The average Bonchev–Trinajstić information content (AvgIpc) is 3.47. The van der Waals surface area contributed by atoms with Crippen LogP contribution in [-0.4, -0.2) is 27.1 Å². The molecule has 162 valence electrons. The number of amides is 1. The summed E-state index contributed by atoms with van der Waals surface area (Å²) in [5, 5.41) is 7.58. The zero-order chi connectivity index (χ0) is 21.9. The molecule has 2 aromatic carbocycles. The van der Waals surface area contributed by atoms with E-state index in [1.807, 2.05) is 54.2 Å². The summed E-state index contributed by atoms with van der Waals surface area (Å²) in [6.07, 6.45) is 2.57. The molecule has 2 aromatic heterocycles. The van der Waals surface area contributed by atoms with Crippen LogP contribution in [0.5, 0.6) is 0 Å². The number of benzene rings is 2. The van der Waals surface area contributed by atoms with E-state index in [1.54, 1.807) is 6.26 Å². The predicted octanol–water partition coefficient (Wildman–Crippen LogP) is 4.17. The first kappa shape index (κ1) is 20.3. The van der Waals surface area contributed by atoms with Gasteiger partial charge in [0, 0.05) is 56.5 Å². The number of carbonyl (C=O) groups excluding carboxylic acids is 1. The number of hydrogen-bond acceptors (Lipinski definition) is 4. The van der Waals surface area contributed by atoms with Gasteiger partial charge in [0.15, 0.2) is 5.69 Å². The normalized spacial score (nSPS) is 13.7. The van der Waals surface area contributed by atoms with Gasteiger partial charge in [0.1, 0.15) is 5.76 Å². The maximum atomic E-state index is 12.9. The monoisotopic (exact) mass is 426 g/mol. The van der Waals surface area contributed by atoms with E-state index < -0.39 is 0 Å². The Bertz CT molecular complexity index is 1210. The maximum Gasteiger partial charge on any atom is 0.272 e. The first-order valence-electron chi connectivity index (χ1n) is 10.9. The topological polar surface area (TPSA) is 63.3 Å². The quantitative estimate of drug-likeness (QED) is 0.503. The van der Waals surface area contributed by atoms with E-state index in [-0.39, 0.29) is 5.91 Å². The molecule has 32 heavy (non-hydrogen) atoms. The third-order valence-corrected chi connectivity index (χ3v) is 5.97. The molecule has 4 aromatic rings. The van der Waals surface area contributed by atoms with Crippen molar-refractivity contribution < 1.29 is 9.21 Å². The van der Waals surface area contributed by atoms with Crippen LogP contribution >= 0.6 is 0 Å². The van der Waals surface area contributed by atoms with E-state index in [4.69, 9.17) is 4.42 Å². The van der Waals surface area contributed by atoms with Gasteiger partial charge in [-0.3, -0.25) is 14.4 Å². The number of nitrogens with zero attached hydrogens (tertiary/aromatic N) is 3. The minimum absolute atomic E-state index is 0.118. The molecular weight excluding hydrogens is 400 g/mol. The Morgan fingerprint density at radius 3 is 2.72 bits per heavy atom. The van der Waals surface area contributed by atoms with Crippen molar-refractivity contribution in [1.82, 2.24) is 20.0 Å². The molecular formula is C26H26N4O2. The van der Waals surface area contributed by atoms with Gasteiger partial charge in [0.2, 0.25) is 0 Å². The Balaban J connectivity index is 1.30. The Morgan fingerprint density at radius 2 is 1.91 bits per heavy atom. The van der Waals surface area contributed by atoms with E-state index >= 15 is 0 Å². The van der Waals surface area contributed by atoms with Crippen LogP contribution in [0.1, 0.15) is 32.9 Å². The molecule has 0 unspecified atom stereocenters. The summed E-state index contributed by atoms with van der Waals surface area (Å²) in [6, 6.07) is 22.2. The number of nitrogens with one attached hydrogen (secondary N) is 1. The molecule has 5 rings (SSSR count). The molecule has 6 heteroatoms. The fraction of sp³-hybridized carbons (Fsp3) is 0.231. The Hall–Kier alpha value is -3.64. The highest BCUT2D eigenvalue weighted by atomic mass is 16.3. The summed E-state index contributed by atoms with van der Waals surface area (Å²) < 4.78 is 7.40. The van der Waals surface area contributed by atoms with Crippen LogP contribution in [0.4, 0.5) is 0 Å². The second-order valence-corrected chi connectivity index (χ2v) is 8.20. The fourth-order valence-corrected chi connectivity index (χ4v) is 4.35. The SMILES string of the molecule is Cn1nc(C(=O)NCc2ccccc2)c2c1CCN(Cc1cccc(-c3ccco3)c1)C2. The van der Waals surface area contributed by atoms with Crippen molar-refractivity contribution >= 4 is 5.91 Å². The molecule has 1 amide bonds. The number of rotatable bonds is 6.